The fourth-order valence-electron chi connectivity index (χ4n) is 2.96. The van der Waals surface area contributed by atoms with Crippen LogP contribution in [-0.4, -0.2) is 49.1 Å². The molecule has 0 amide bonds. The maximum absolute atomic E-state index is 13.8. The van der Waals surface area contributed by atoms with Crippen molar-refractivity contribution in [1.29, 1.82) is 0 Å². The number of rotatable bonds is 7. The number of hydrogen-bond donors (Lipinski definition) is 0. The topological polar surface area (TPSA) is 71.1 Å². The van der Waals surface area contributed by atoms with E-state index in [0.717, 1.165) is 5.56 Å². The van der Waals surface area contributed by atoms with Crippen molar-refractivity contribution in [2.45, 2.75) is 51.3 Å². The summed E-state index contributed by atoms with van der Waals surface area (Å²) in [7, 11) is 0. The molecule has 1 aliphatic heterocycles. The third kappa shape index (κ3) is 4.55. The van der Waals surface area contributed by atoms with Gasteiger partial charge in [-0.15, -0.1) is 0 Å². The predicted molar refractivity (Wildman–Crippen MR) is 86.5 cm³/mol. The molecule has 4 atom stereocenters. The molecule has 0 aliphatic carbocycles. The minimum absolute atomic E-state index is 0.0696. The highest BCUT2D eigenvalue weighted by Gasteiger charge is 2.60. The molecule has 1 aromatic carbocycles. The van der Waals surface area contributed by atoms with Crippen molar-refractivity contribution >= 4 is 11.9 Å². The van der Waals surface area contributed by atoms with Gasteiger partial charge in [-0.3, -0.25) is 9.59 Å². The molecule has 6 nitrogen and oxygen atoms in total. The molecule has 1 fully saturated rings. The van der Waals surface area contributed by atoms with Crippen LogP contribution >= 0.6 is 0 Å². The Morgan fingerprint density at radius 3 is 2.44 bits per heavy atom. The molecule has 7 heteroatoms. The summed E-state index contributed by atoms with van der Waals surface area (Å²) < 4.78 is 35.6. The van der Waals surface area contributed by atoms with Gasteiger partial charge in [0.2, 0.25) is 5.60 Å². The minimum Gasteiger partial charge on any atom is -0.455 e. The van der Waals surface area contributed by atoms with Crippen LogP contribution in [0.1, 0.15) is 26.3 Å². The second kappa shape index (κ2) is 8.40. The lowest BCUT2D eigenvalue weighted by atomic mass is 9.92. The molecule has 2 rings (SSSR count). The quantitative estimate of drug-likeness (QED) is 0.699. The van der Waals surface area contributed by atoms with E-state index in [1.165, 1.54) is 13.8 Å². The molecule has 25 heavy (non-hydrogen) atoms. The van der Waals surface area contributed by atoms with Crippen LogP contribution in [0.15, 0.2) is 30.3 Å². The Kier molecular flexibility index (Phi) is 6.50. The number of carbonyl (C=O) groups is 2. The lowest BCUT2D eigenvalue weighted by Gasteiger charge is -2.33. The van der Waals surface area contributed by atoms with Crippen LogP contribution in [0.25, 0.3) is 0 Å². The first kappa shape index (κ1) is 19.3. The lowest BCUT2D eigenvalue weighted by Crippen LogP contribution is -2.54. The minimum atomic E-state index is -1.67. The molecule has 0 radical (unpaired) electrons. The van der Waals surface area contributed by atoms with Gasteiger partial charge in [-0.2, -0.15) is 0 Å². The zero-order valence-electron chi connectivity index (χ0n) is 14.6. The van der Waals surface area contributed by atoms with Crippen molar-refractivity contribution in [3.05, 3.63) is 35.9 Å². The van der Waals surface area contributed by atoms with E-state index >= 15 is 0 Å². The molecule has 1 saturated heterocycles. The Morgan fingerprint density at radius 2 is 1.88 bits per heavy atom. The number of ether oxygens (including phenoxy) is 4. The summed E-state index contributed by atoms with van der Waals surface area (Å²) in [4.78, 5) is 22.9. The van der Waals surface area contributed by atoms with E-state index in [0.29, 0.717) is 6.61 Å². The third-order valence-corrected chi connectivity index (χ3v) is 4.12. The van der Waals surface area contributed by atoms with Crippen LogP contribution in [-0.2, 0) is 35.1 Å². The molecule has 138 valence electrons. The summed E-state index contributed by atoms with van der Waals surface area (Å²) in [6, 6.07) is 9.50. The molecule has 0 aromatic heterocycles. The van der Waals surface area contributed by atoms with Gasteiger partial charge >= 0.3 is 11.9 Å². The van der Waals surface area contributed by atoms with E-state index < -0.39 is 42.5 Å². The number of benzene rings is 1. The largest absolute Gasteiger partial charge is 0.455 e. The molecule has 1 aromatic rings. The van der Waals surface area contributed by atoms with Gasteiger partial charge in [-0.1, -0.05) is 30.3 Å². The van der Waals surface area contributed by atoms with Gasteiger partial charge in [0.1, 0.15) is 18.9 Å². The zero-order chi connectivity index (χ0) is 18.4. The fourth-order valence-corrected chi connectivity index (χ4v) is 2.96. The zero-order valence-corrected chi connectivity index (χ0v) is 14.6. The summed E-state index contributed by atoms with van der Waals surface area (Å²) in [5.41, 5.74) is -0.701. The predicted octanol–water partition coefficient (Wildman–Crippen LogP) is 2.19. The van der Waals surface area contributed by atoms with E-state index in [-0.39, 0.29) is 6.61 Å². The van der Waals surface area contributed by atoms with E-state index in [9.17, 15) is 14.0 Å². The maximum atomic E-state index is 13.8. The Balaban J connectivity index is 2.10. The summed E-state index contributed by atoms with van der Waals surface area (Å²) in [6.07, 6.45) is -2.60. The first-order valence-corrected chi connectivity index (χ1v) is 8.09. The van der Waals surface area contributed by atoms with Crippen molar-refractivity contribution in [3.63, 3.8) is 0 Å². The number of halogens is 1. The number of alkyl halides is 1. The first-order valence-electron chi connectivity index (χ1n) is 8.09. The van der Waals surface area contributed by atoms with Crippen molar-refractivity contribution < 1.29 is 32.9 Å². The molecule has 0 bridgehead atoms. The highest BCUT2D eigenvalue weighted by Crippen LogP contribution is 2.37. The van der Waals surface area contributed by atoms with Gasteiger partial charge in [0, 0.05) is 13.8 Å². The van der Waals surface area contributed by atoms with E-state index in [2.05, 4.69) is 0 Å². The smallest absolute Gasteiger partial charge is 0.303 e. The van der Waals surface area contributed by atoms with Crippen LogP contribution < -0.4 is 0 Å². The van der Waals surface area contributed by atoms with Crippen molar-refractivity contribution in [2.24, 2.45) is 0 Å². The molecule has 0 saturated carbocycles. The normalized spacial score (nSPS) is 28.6. The van der Waals surface area contributed by atoms with Gasteiger partial charge in [0.25, 0.3) is 0 Å². The number of esters is 2. The summed E-state index contributed by atoms with van der Waals surface area (Å²) in [5.74, 6) is -1.28. The van der Waals surface area contributed by atoms with Crippen LogP contribution in [0.5, 0.6) is 0 Å². The average molecular weight is 354 g/mol. The molecule has 0 spiro atoms. The van der Waals surface area contributed by atoms with Gasteiger partial charge < -0.3 is 18.9 Å². The lowest BCUT2D eigenvalue weighted by molar-refractivity contribution is -0.186. The summed E-state index contributed by atoms with van der Waals surface area (Å²) in [6.45, 7) is 3.34. The van der Waals surface area contributed by atoms with Crippen LogP contribution in [0.2, 0.25) is 0 Å². The molecular weight excluding hydrogens is 331 g/mol. The number of carbonyl (C=O) groups excluding carboxylic acids is 2. The van der Waals surface area contributed by atoms with Gasteiger partial charge in [0.15, 0.2) is 6.10 Å². The van der Waals surface area contributed by atoms with Gasteiger partial charge in [-0.05, 0) is 12.5 Å². The van der Waals surface area contributed by atoms with Crippen LogP contribution in [0.3, 0.4) is 0 Å². The highest BCUT2D eigenvalue weighted by atomic mass is 19.1. The second-order valence-electron chi connectivity index (χ2n) is 6.03. The molecule has 2 unspecified atom stereocenters. The Labute approximate surface area is 146 Å². The molecule has 1 aliphatic rings. The van der Waals surface area contributed by atoms with E-state index in [1.54, 1.807) is 6.92 Å². The molecule has 0 N–H and O–H groups in total. The maximum Gasteiger partial charge on any atom is 0.303 e. The Hall–Kier alpha value is -1.99. The second-order valence-corrected chi connectivity index (χ2v) is 6.03. The SMILES string of the molecule is CC(=O)O[C@H]1C(COCc2ccccc2)O[C@H](C)C1(CF)OC(C)=O. The Morgan fingerprint density at radius 1 is 1.20 bits per heavy atom. The van der Waals surface area contributed by atoms with Crippen LogP contribution in [0, 0.1) is 0 Å². The molecule has 1 heterocycles. The van der Waals surface area contributed by atoms with Crippen molar-refractivity contribution in [2.75, 3.05) is 13.3 Å². The standard InChI is InChI=1S/C18H23FO6/c1-12-18(11-19,25-14(3)21)17(24-13(2)20)16(23-12)10-22-9-15-7-5-4-6-8-15/h4-8,12,16-17H,9-11H2,1-3H3/t12-,16?,17+,18?/m1/s1. The van der Waals surface area contributed by atoms with Crippen LogP contribution in [0.4, 0.5) is 4.39 Å². The Bertz CT molecular complexity index is 592. The highest BCUT2D eigenvalue weighted by molar-refractivity contribution is 5.68. The van der Waals surface area contributed by atoms with Crippen molar-refractivity contribution in [3.8, 4) is 0 Å². The fraction of sp³-hybridized carbons (Fsp3) is 0.556. The van der Waals surface area contributed by atoms with Crippen molar-refractivity contribution in [1.82, 2.24) is 0 Å². The summed E-state index contributed by atoms with van der Waals surface area (Å²) >= 11 is 0. The first-order chi connectivity index (χ1) is 11.9. The third-order valence-electron chi connectivity index (χ3n) is 4.12. The molecular formula is C18H23FO6. The summed E-state index contributed by atoms with van der Waals surface area (Å²) in [5, 5.41) is 0. The van der Waals surface area contributed by atoms with E-state index in [4.69, 9.17) is 18.9 Å². The number of hydrogen-bond acceptors (Lipinski definition) is 6. The van der Waals surface area contributed by atoms with Gasteiger partial charge in [-0.25, -0.2) is 4.39 Å². The monoisotopic (exact) mass is 354 g/mol. The van der Waals surface area contributed by atoms with Gasteiger partial charge in [0.05, 0.1) is 13.2 Å². The van der Waals surface area contributed by atoms with E-state index in [1.807, 2.05) is 30.3 Å². The average Bonchev–Trinajstić information content (AvgIpc) is 2.80.